The van der Waals surface area contributed by atoms with E-state index in [-0.39, 0.29) is 0 Å². The molecule has 0 atom stereocenters. The first kappa shape index (κ1) is 19.2. The van der Waals surface area contributed by atoms with E-state index in [2.05, 4.69) is 49.0 Å². The molecule has 22 heavy (non-hydrogen) atoms. The first-order chi connectivity index (χ1) is 10.8. The zero-order valence-electron chi connectivity index (χ0n) is 15.1. The van der Waals surface area contributed by atoms with E-state index >= 15 is 0 Å². The van der Waals surface area contributed by atoms with E-state index in [1.54, 1.807) is 0 Å². The number of aromatic nitrogens is 1. The van der Waals surface area contributed by atoms with Crippen LogP contribution in [0.2, 0.25) is 0 Å². The van der Waals surface area contributed by atoms with E-state index < -0.39 is 0 Å². The molecule has 0 unspecified atom stereocenters. The zero-order valence-corrected chi connectivity index (χ0v) is 15.1. The number of unbranched alkanes of at least 4 members (excludes halogenated alkanes) is 10. The smallest absolute Gasteiger partial charge is 0.168 e. The molecule has 1 heterocycles. The van der Waals surface area contributed by atoms with Crippen LogP contribution in [0, 0.1) is 5.92 Å². The average Bonchev–Trinajstić information content (AvgIpc) is 2.52. The van der Waals surface area contributed by atoms with Gasteiger partial charge >= 0.3 is 0 Å². The van der Waals surface area contributed by atoms with Gasteiger partial charge in [0.05, 0.1) is 0 Å². The van der Waals surface area contributed by atoms with E-state index in [0.29, 0.717) is 0 Å². The van der Waals surface area contributed by atoms with Crippen LogP contribution in [0.15, 0.2) is 30.6 Å². The maximum Gasteiger partial charge on any atom is 0.168 e. The minimum absolute atomic E-state index is 0.889. The molecule has 1 heteroatoms. The van der Waals surface area contributed by atoms with Crippen LogP contribution in [0.4, 0.5) is 0 Å². The molecule has 0 spiro atoms. The van der Waals surface area contributed by atoms with Crippen LogP contribution in [0.3, 0.4) is 0 Å². The Morgan fingerprint density at radius 1 is 0.591 bits per heavy atom. The third-order valence-electron chi connectivity index (χ3n) is 4.48. The molecule has 0 fully saturated rings. The molecule has 0 amide bonds. The first-order valence-electron chi connectivity index (χ1n) is 9.73. The van der Waals surface area contributed by atoms with Crippen molar-refractivity contribution in [1.82, 2.24) is 0 Å². The summed E-state index contributed by atoms with van der Waals surface area (Å²) in [7, 11) is 0. The van der Waals surface area contributed by atoms with E-state index in [0.717, 1.165) is 5.92 Å². The van der Waals surface area contributed by atoms with Crippen molar-refractivity contribution in [3.8, 4) is 0 Å². The highest BCUT2D eigenvalue weighted by Crippen LogP contribution is 2.13. The Labute approximate surface area is 139 Å². The lowest BCUT2D eigenvalue weighted by atomic mass is 10.0. The molecule has 0 aliphatic heterocycles. The van der Waals surface area contributed by atoms with Crippen LogP contribution < -0.4 is 4.57 Å². The summed E-state index contributed by atoms with van der Waals surface area (Å²) in [6.07, 6.45) is 21.5. The molecule has 126 valence electrons. The van der Waals surface area contributed by atoms with Gasteiger partial charge in [-0.3, -0.25) is 0 Å². The Morgan fingerprint density at radius 3 is 1.55 bits per heavy atom. The van der Waals surface area contributed by atoms with E-state index in [1.165, 1.54) is 83.6 Å². The largest absolute Gasteiger partial charge is 0.205 e. The summed E-state index contributed by atoms with van der Waals surface area (Å²) < 4.78 is 2.29. The van der Waals surface area contributed by atoms with Crippen molar-refractivity contribution >= 4 is 0 Å². The lowest BCUT2D eigenvalue weighted by molar-refractivity contribution is -0.697. The van der Waals surface area contributed by atoms with Gasteiger partial charge in [-0.2, -0.15) is 0 Å². The van der Waals surface area contributed by atoms with Crippen LogP contribution >= 0.6 is 0 Å². The highest BCUT2D eigenvalue weighted by Gasteiger charge is 1.98. The standard InChI is InChI=1S/C21H38N/c1-21(2)17-13-10-8-6-4-3-5-7-9-11-14-18-22-19-15-12-16-20-22/h12,15-16,19-21H,3-11,13-14,17-18H2,1-2H3/q+1. The summed E-state index contributed by atoms with van der Waals surface area (Å²) >= 11 is 0. The molecule has 0 radical (unpaired) electrons. The van der Waals surface area contributed by atoms with Crippen molar-refractivity contribution in [2.24, 2.45) is 5.92 Å². The maximum absolute atomic E-state index is 2.33. The number of aryl methyl sites for hydroxylation is 1. The lowest BCUT2D eigenvalue weighted by Crippen LogP contribution is -2.32. The second-order valence-electron chi connectivity index (χ2n) is 7.18. The molecule has 1 nitrogen and oxygen atoms in total. The van der Waals surface area contributed by atoms with Crippen molar-refractivity contribution in [2.75, 3.05) is 0 Å². The second-order valence-corrected chi connectivity index (χ2v) is 7.18. The molecule has 0 saturated heterocycles. The van der Waals surface area contributed by atoms with Crippen molar-refractivity contribution in [3.63, 3.8) is 0 Å². The van der Waals surface area contributed by atoms with E-state index in [1.807, 2.05) is 0 Å². The monoisotopic (exact) mass is 304 g/mol. The Bertz CT molecular complexity index is 331. The first-order valence-corrected chi connectivity index (χ1v) is 9.73. The minimum atomic E-state index is 0.889. The molecular weight excluding hydrogens is 266 g/mol. The van der Waals surface area contributed by atoms with Gasteiger partial charge < -0.3 is 0 Å². The van der Waals surface area contributed by atoms with Crippen LogP contribution in [0.5, 0.6) is 0 Å². The number of hydrogen-bond donors (Lipinski definition) is 0. The molecule has 0 aromatic carbocycles. The van der Waals surface area contributed by atoms with Crippen molar-refractivity contribution in [2.45, 2.75) is 97.4 Å². The molecule has 1 aromatic rings. The van der Waals surface area contributed by atoms with Gasteiger partial charge in [0.1, 0.15) is 6.54 Å². The third-order valence-corrected chi connectivity index (χ3v) is 4.48. The summed E-state index contributed by atoms with van der Waals surface area (Å²) in [5.41, 5.74) is 0. The van der Waals surface area contributed by atoms with Crippen molar-refractivity contribution < 1.29 is 4.57 Å². The van der Waals surface area contributed by atoms with Gasteiger partial charge in [0.25, 0.3) is 0 Å². The van der Waals surface area contributed by atoms with E-state index in [9.17, 15) is 0 Å². The van der Waals surface area contributed by atoms with E-state index in [4.69, 9.17) is 0 Å². The van der Waals surface area contributed by atoms with Gasteiger partial charge in [0.15, 0.2) is 12.4 Å². The van der Waals surface area contributed by atoms with Gasteiger partial charge in [0.2, 0.25) is 0 Å². The molecule has 0 aliphatic carbocycles. The van der Waals surface area contributed by atoms with Gasteiger partial charge in [0, 0.05) is 18.6 Å². The third kappa shape index (κ3) is 11.8. The predicted octanol–water partition coefficient (Wildman–Crippen LogP) is 6.31. The fraction of sp³-hybridized carbons (Fsp3) is 0.762. The second kappa shape index (κ2) is 13.8. The average molecular weight is 305 g/mol. The Morgan fingerprint density at radius 2 is 1.05 bits per heavy atom. The zero-order chi connectivity index (χ0) is 15.9. The minimum Gasteiger partial charge on any atom is -0.205 e. The topological polar surface area (TPSA) is 3.88 Å². The molecular formula is C21H38N+. The molecule has 0 saturated carbocycles. The van der Waals surface area contributed by atoms with Crippen molar-refractivity contribution in [3.05, 3.63) is 30.6 Å². The van der Waals surface area contributed by atoms with Crippen molar-refractivity contribution in [1.29, 1.82) is 0 Å². The predicted molar refractivity (Wildman–Crippen MR) is 96.9 cm³/mol. The Balaban J connectivity index is 1.75. The summed E-state index contributed by atoms with van der Waals surface area (Å²) in [5, 5.41) is 0. The highest BCUT2D eigenvalue weighted by atomic mass is 14.9. The van der Waals surface area contributed by atoms with Gasteiger partial charge in [-0.1, -0.05) is 84.1 Å². The highest BCUT2D eigenvalue weighted by molar-refractivity contribution is 4.83. The van der Waals surface area contributed by atoms with Gasteiger partial charge in [-0.25, -0.2) is 4.57 Å². The number of hydrogen-bond acceptors (Lipinski definition) is 0. The van der Waals surface area contributed by atoms with Crippen LogP contribution in [0.1, 0.15) is 90.9 Å². The summed E-state index contributed by atoms with van der Waals surface area (Å²) in [5.74, 6) is 0.889. The van der Waals surface area contributed by atoms with Crippen LogP contribution in [0.25, 0.3) is 0 Å². The number of nitrogens with zero attached hydrogens (tertiary/aromatic N) is 1. The Hall–Kier alpha value is -0.850. The summed E-state index contributed by atoms with van der Waals surface area (Å²) in [6, 6.07) is 6.31. The number of pyridine rings is 1. The van der Waals surface area contributed by atoms with Crippen LogP contribution in [-0.2, 0) is 6.54 Å². The van der Waals surface area contributed by atoms with Gasteiger partial charge in [-0.15, -0.1) is 0 Å². The molecule has 0 bridgehead atoms. The van der Waals surface area contributed by atoms with Crippen LogP contribution in [-0.4, -0.2) is 0 Å². The molecule has 0 aliphatic rings. The number of rotatable bonds is 14. The fourth-order valence-electron chi connectivity index (χ4n) is 3.02. The molecule has 1 rings (SSSR count). The van der Waals surface area contributed by atoms with Gasteiger partial charge in [-0.05, 0) is 12.3 Å². The fourth-order valence-corrected chi connectivity index (χ4v) is 3.02. The Kier molecular flexibility index (Phi) is 12.0. The SMILES string of the molecule is CC(C)CCCCCCCCCCCCC[n+]1ccccc1. The lowest BCUT2D eigenvalue weighted by Gasteiger charge is -2.04. The summed E-state index contributed by atoms with van der Waals surface area (Å²) in [4.78, 5) is 0. The maximum atomic E-state index is 2.33. The molecule has 0 N–H and O–H groups in total. The quantitative estimate of drug-likeness (QED) is 0.280. The summed E-state index contributed by atoms with van der Waals surface area (Å²) in [6.45, 7) is 5.84. The normalized spacial score (nSPS) is 11.2. The molecule has 1 aromatic heterocycles.